The van der Waals surface area contributed by atoms with E-state index in [0.717, 1.165) is 24.9 Å². The van der Waals surface area contributed by atoms with Gasteiger partial charge in [-0.25, -0.2) is 13.1 Å². The summed E-state index contributed by atoms with van der Waals surface area (Å²) >= 11 is 6.03. The monoisotopic (exact) mass is 488 g/mol. The van der Waals surface area contributed by atoms with E-state index in [1.54, 1.807) is 48.1 Å². The van der Waals surface area contributed by atoms with Crippen LogP contribution in [0, 0.1) is 0 Å². The Hall–Kier alpha value is -2.88. The van der Waals surface area contributed by atoms with Crippen molar-refractivity contribution in [1.82, 2.24) is 14.1 Å². The SMILES string of the molecule is CCOc1ccc(NC(=O)c2cnn(-c3cccc(Cl)c3)c2)cc1S(=O)(=O)N1CCCCC1. The van der Waals surface area contributed by atoms with Gasteiger partial charge in [-0.15, -0.1) is 0 Å². The third kappa shape index (κ3) is 5.21. The van der Waals surface area contributed by atoms with E-state index in [2.05, 4.69) is 10.4 Å². The molecule has 2 aromatic carbocycles. The van der Waals surface area contributed by atoms with Crippen LogP contribution in [0.5, 0.6) is 5.75 Å². The summed E-state index contributed by atoms with van der Waals surface area (Å²) < 4.78 is 35.2. The van der Waals surface area contributed by atoms with Crippen molar-refractivity contribution in [3.63, 3.8) is 0 Å². The minimum Gasteiger partial charge on any atom is -0.492 e. The number of piperidine rings is 1. The fourth-order valence-corrected chi connectivity index (χ4v) is 5.57. The molecule has 0 unspecified atom stereocenters. The van der Waals surface area contributed by atoms with Crippen LogP contribution in [0.1, 0.15) is 36.5 Å². The van der Waals surface area contributed by atoms with Crippen LogP contribution in [-0.2, 0) is 10.0 Å². The molecule has 1 amide bonds. The van der Waals surface area contributed by atoms with E-state index in [4.69, 9.17) is 16.3 Å². The van der Waals surface area contributed by atoms with Crippen molar-refractivity contribution in [1.29, 1.82) is 0 Å². The standard InChI is InChI=1S/C23H25ClN4O4S/c1-2-32-21-10-9-19(14-22(21)33(30,31)27-11-4-3-5-12-27)26-23(29)17-15-25-28(16-17)20-8-6-7-18(24)13-20/h6-10,13-16H,2-5,11-12H2,1H3,(H,26,29). The molecule has 1 aromatic heterocycles. The number of hydrogen-bond donors (Lipinski definition) is 1. The van der Waals surface area contributed by atoms with Crippen LogP contribution in [0.4, 0.5) is 5.69 Å². The molecule has 174 valence electrons. The number of rotatable bonds is 7. The lowest BCUT2D eigenvalue weighted by Gasteiger charge is -2.27. The molecule has 8 nitrogen and oxygen atoms in total. The van der Waals surface area contributed by atoms with E-state index in [0.29, 0.717) is 36.0 Å². The molecule has 0 atom stereocenters. The summed E-state index contributed by atoms with van der Waals surface area (Å²) in [5.74, 6) is -0.136. The average molecular weight is 489 g/mol. The fourth-order valence-electron chi connectivity index (χ4n) is 3.71. The second-order valence-corrected chi connectivity index (χ2v) is 10.0. The van der Waals surface area contributed by atoms with Crippen LogP contribution in [0.3, 0.4) is 0 Å². The molecule has 0 bridgehead atoms. The number of carbonyl (C=O) groups is 1. The Kier molecular flexibility index (Phi) is 7.02. The van der Waals surface area contributed by atoms with Gasteiger partial charge in [0.2, 0.25) is 10.0 Å². The van der Waals surface area contributed by atoms with E-state index in [1.165, 1.54) is 16.6 Å². The maximum absolute atomic E-state index is 13.3. The number of aromatic nitrogens is 2. The summed E-state index contributed by atoms with van der Waals surface area (Å²) in [5.41, 5.74) is 1.40. The molecule has 1 aliphatic heterocycles. The molecule has 4 rings (SSSR count). The van der Waals surface area contributed by atoms with Crippen LogP contribution < -0.4 is 10.1 Å². The molecule has 1 aliphatic rings. The number of amides is 1. The van der Waals surface area contributed by atoms with Crippen LogP contribution in [-0.4, -0.2) is 48.1 Å². The lowest BCUT2D eigenvalue weighted by Crippen LogP contribution is -2.35. The average Bonchev–Trinajstić information content (AvgIpc) is 3.31. The fraction of sp³-hybridized carbons (Fsp3) is 0.304. The Morgan fingerprint density at radius 1 is 1.15 bits per heavy atom. The molecule has 3 aromatic rings. The number of ether oxygens (including phenoxy) is 1. The predicted octanol–water partition coefficient (Wildman–Crippen LogP) is 4.35. The zero-order valence-electron chi connectivity index (χ0n) is 18.2. The number of nitrogens with zero attached hydrogens (tertiary/aromatic N) is 3. The van der Waals surface area contributed by atoms with Crippen LogP contribution in [0.25, 0.3) is 5.69 Å². The first kappa shape index (κ1) is 23.3. The third-order valence-corrected chi connectivity index (χ3v) is 7.51. The summed E-state index contributed by atoms with van der Waals surface area (Å²) in [6.07, 6.45) is 5.70. The maximum atomic E-state index is 13.3. The summed E-state index contributed by atoms with van der Waals surface area (Å²) in [7, 11) is -3.75. The van der Waals surface area contributed by atoms with Crippen LogP contribution >= 0.6 is 11.6 Å². The van der Waals surface area contributed by atoms with Gasteiger partial charge in [0.25, 0.3) is 5.91 Å². The van der Waals surface area contributed by atoms with Crippen molar-refractivity contribution in [3.8, 4) is 11.4 Å². The van der Waals surface area contributed by atoms with Crippen molar-refractivity contribution in [2.45, 2.75) is 31.1 Å². The van der Waals surface area contributed by atoms with Crippen molar-refractivity contribution < 1.29 is 17.9 Å². The molecule has 0 aliphatic carbocycles. The number of carbonyl (C=O) groups excluding carboxylic acids is 1. The second kappa shape index (κ2) is 9.94. The van der Waals surface area contributed by atoms with Gasteiger partial charge >= 0.3 is 0 Å². The van der Waals surface area contributed by atoms with E-state index in [-0.39, 0.29) is 10.6 Å². The van der Waals surface area contributed by atoms with Crippen LogP contribution in [0.15, 0.2) is 59.8 Å². The molecule has 33 heavy (non-hydrogen) atoms. The molecular formula is C23H25ClN4O4S. The van der Waals surface area contributed by atoms with Crippen molar-refractivity contribution in [2.24, 2.45) is 0 Å². The number of halogens is 1. The smallest absolute Gasteiger partial charge is 0.258 e. The number of hydrogen-bond acceptors (Lipinski definition) is 5. The van der Waals surface area contributed by atoms with Gasteiger partial charge in [-0.1, -0.05) is 24.1 Å². The molecule has 1 fully saturated rings. The van der Waals surface area contributed by atoms with Crippen LogP contribution in [0.2, 0.25) is 5.02 Å². The van der Waals surface area contributed by atoms with E-state index < -0.39 is 15.9 Å². The molecule has 1 N–H and O–H groups in total. The number of benzene rings is 2. The normalized spacial score (nSPS) is 14.7. The highest BCUT2D eigenvalue weighted by molar-refractivity contribution is 7.89. The molecular weight excluding hydrogens is 464 g/mol. The Morgan fingerprint density at radius 3 is 2.67 bits per heavy atom. The molecule has 0 spiro atoms. The lowest BCUT2D eigenvalue weighted by atomic mass is 10.2. The van der Waals surface area contributed by atoms with Crippen molar-refractivity contribution in [3.05, 3.63) is 65.4 Å². The Balaban J connectivity index is 1.58. The Morgan fingerprint density at radius 2 is 1.94 bits per heavy atom. The molecule has 0 saturated carbocycles. The van der Waals surface area contributed by atoms with Gasteiger partial charge in [-0.05, 0) is 56.2 Å². The summed E-state index contributed by atoms with van der Waals surface area (Å²) in [5, 5.41) is 7.54. The van der Waals surface area contributed by atoms with E-state index in [1.807, 2.05) is 6.07 Å². The molecule has 10 heteroatoms. The first-order chi connectivity index (χ1) is 15.9. The summed E-state index contributed by atoms with van der Waals surface area (Å²) in [6, 6.07) is 11.8. The molecule has 2 heterocycles. The highest BCUT2D eigenvalue weighted by Crippen LogP contribution is 2.31. The largest absolute Gasteiger partial charge is 0.492 e. The van der Waals surface area contributed by atoms with Gasteiger partial charge in [0, 0.05) is 30.0 Å². The minimum atomic E-state index is -3.75. The number of anilines is 1. The molecule has 1 saturated heterocycles. The van der Waals surface area contributed by atoms with Gasteiger partial charge < -0.3 is 10.1 Å². The van der Waals surface area contributed by atoms with Gasteiger partial charge in [0.05, 0.1) is 24.1 Å². The predicted molar refractivity (Wildman–Crippen MR) is 127 cm³/mol. The Labute approximate surface area is 198 Å². The number of sulfonamides is 1. The van der Waals surface area contributed by atoms with Crippen molar-refractivity contribution >= 4 is 33.2 Å². The third-order valence-electron chi connectivity index (χ3n) is 5.35. The highest BCUT2D eigenvalue weighted by Gasteiger charge is 2.29. The topological polar surface area (TPSA) is 93.5 Å². The Bertz CT molecular complexity index is 1250. The number of nitrogens with one attached hydrogen (secondary N) is 1. The first-order valence-electron chi connectivity index (χ1n) is 10.8. The van der Waals surface area contributed by atoms with E-state index >= 15 is 0 Å². The summed E-state index contributed by atoms with van der Waals surface area (Å²) in [4.78, 5) is 12.9. The maximum Gasteiger partial charge on any atom is 0.258 e. The zero-order chi connectivity index (χ0) is 23.4. The van der Waals surface area contributed by atoms with Gasteiger partial charge in [-0.2, -0.15) is 9.40 Å². The lowest BCUT2D eigenvalue weighted by molar-refractivity contribution is 0.102. The second-order valence-electron chi connectivity index (χ2n) is 7.67. The van der Waals surface area contributed by atoms with Crippen molar-refractivity contribution in [2.75, 3.05) is 25.0 Å². The zero-order valence-corrected chi connectivity index (χ0v) is 19.8. The van der Waals surface area contributed by atoms with Gasteiger partial charge in [0.1, 0.15) is 10.6 Å². The van der Waals surface area contributed by atoms with Gasteiger partial charge in [0.15, 0.2) is 0 Å². The van der Waals surface area contributed by atoms with Gasteiger partial charge in [-0.3, -0.25) is 4.79 Å². The highest BCUT2D eigenvalue weighted by atomic mass is 35.5. The quantitative estimate of drug-likeness (QED) is 0.533. The summed E-state index contributed by atoms with van der Waals surface area (Å²) in [6.45, 7) is 3.09. The molecule has 0 radical (unpaired) electrons. The van der Waals surface area contributed by atoms with E-state index in [9.17, 15) is 13.2 Å². The first-order valence-corrected chi connectivity index (χ1v) is 12.6. The minimum absolute atomic E-state index is 0.0543.